The summed E-state index contributed by atoms with van der Waals surface area (Å²) < 4.78 is 63.0. The summed E-state index contributed by atoms with van der Waals surface area (Å²) in [7, 11) is -7.29. The molecule has 0 aliphatic rings. The lowest BCUT2D eigenvalue weighted by atomic mass is 10.3. The average Bonchev–Trinajstić information content (AvgIpc) is 2.26. The third-order valence-corrected chi connectivity index (χ3v) is 4.48. The van der Waals surface area contributed by atoms with Crippen molar-refractivity contribution in [2.45, 2.75) is 11.3 Å². The van der Waals surface area contributed by atoms with Gasteiger partial charge in [-0.25, -0.2) is 30.7 Å². The summed E-state index contributed by atoms with van der Waals surface area (Å²) in [6.45, 7) is 0.0697. The number of hydrogen-bond donors (Lipinski definition) is 3. The third-order valence-electron chi connectivity index (χ3n) is 2.26. The Bertz CT molecular complexity index is 674. The van der Waals surface area contributed by atoms with Crippen LogP contribution in [0.1, 0.15) is 6.42 Å². The molecular weight excluding hydrogens is 309 g/mol. The zero-order valence-electron chi connectivity index (χ0n) is 10.8. The van der Waals surface area contributed by atoms with E-state index in [0.29, 0.717) is 0 Å². The fourth-order valence-electron chi connectivity index (χ4n) is 1.37. The predicted molar refractivity (Wildman–Crippen MR) is 73.5 cm³/mol. The third kappa shape index (κ3) is 5.41. The average molecular weight is 325 g/mol. The minimum atomic E-state index is -3.98. The Balaban J connectivity index is 2.58. The van der Waals surface area contributed by atoms with Gasteiger partial charge in [-0.1, -0.05) is 0 Å². The predicted octanol–water partition coefficient (Wildman–Crippen LogP) is -0.374. The number of anilines is 1. The van der Waals surface area contributed by atoms with Crippen molar-refractivity contribution in [1.82, 2.24) is 9.44 Å². The van der Waals surface area contributed by atoms with Gasteiger partial charge in [-0.2, -0.15) is 0 Å². The van der Waals surface area contributed by atoms with Gasteiger partial charge in [-0.3, -0.25) is 0 Å². The summed E-state index contributed by atoms with van der Waals surface area (Å²) in [5, 5.41) is 0. The normalized spacial score (nSPS) is 12.5. The van der Waals surface area contributed by atoms with E-state index in [4.69, 9.17) is 5.73 Å². The highest BCUT2D eigenvalue weighted by atomic mass is 32.2. The molecular formula is C10H16FN3O4S2. The highest BCUT2D eigenvalue weighted by Gasteiger charge is 2.18. The summed E-state index contributed by atoms with van der Waals surface area (Å²) in [5.41, 5.74) is 5.45. The summed E-state index contributed by atoms with van der Waals surface area (Å²) in [6, 6.07) is 3.27. The smallest absolute Gasteiger partial charge is 0.243 e. The van der Waals surface area contributed by atoms with Gasteiger partial charge in [-0.05, 0) is 24.6 Å². The molecule has 0 unspecified atom stereocenters. The summed E-state index contributed by atoms with van der Waals surface area (Å²) in [6.07, 6.45) is 1.24. The van der Waals surface area contributed by atoms with Crippen LogP contribution in [-0.4, -0.2) is 36.2 Å². The Morgan fingerprint density at radius 2 is 1.75 bits per heavy atom. The Kier molecular flexibility index (Phi) is 5.45. The Labute approximate surface area is 117 Å². The molecule has 0 heterocycles. The number of nitrogen functional groups attached to an aromatic ring is 1. The molecule has 0 aliphatic carbocycles. The number of rotatable bonds is 7. The second kappa shape index (κ2) is 6.48. The topological polar surface area (TPSA) is 118 Å². The highest BCUT2D eigenvalue weighted by molar-refractivity contribution is 7.89. The molecule has 0 amide bonds. The van der Waals surface area contributed by atoms with Crippen molar-refractivity contribution in [3.05, 3.63) is 24.0 Å². The van der Waals surface area contributed by atoms with Crippen LogP contribution in [0.4, 0.5) is 10.1 Å². The van der Waals surface area contributed by atoms with Crippen LogP contribution >= 0.6 is 0 Å². The number of hydrogen-bond acceptors (Lipinski definition) is 5. The second-order valence-corrected chi connectivity index (χ2v) is 7.68. The van der Waals surface area contributed by atoms with Crippen molar-refractivity contribution in [3.63, 3.8) is 0 Å². The van der Waals surface area contributed by atoms with Crippen LogP contribution in [0, 0.1) is 5.82 Å². The van der Waals surface area contributed by atoms with E-state index < -0.39 is 30.8 Å². The van der Waals surface area contributed by atoms with E-state index in [1.54, 1.807) is 0 Å². The zero-order valence-corrected chi connectivity index (χ0v) is 12.4. The maximum Gasteiger partial charge on any atom is 0.243 e. The molecule has 0 aromatic heterocycles. The van der Waals surface area contributed by atoms with E-state index in [-0.39, 0.29) is 25.2 Å². The molecule has 0 radical (unpaired) electrons. The largest absolute Gasteiger partial charge is 0.399 e. The molecule has 0 bridgehead atoms. The molecule has 0 saturated carbocycles. The van der Waals surface area contributed by atoms with E-state index in [1.165, 1.54) is 6.07 Å². The Morgan fingerprint density at radius 1 is 1.15 bits per heavy atom. The maximum atomic E-state index is 13.5. The van der Waals surface area contributed by atoms with E-state index in [0.717, 1.165) is 18.4 Å². The molecule has 1 rings (SSSR count). The number of sulfonamides is 2. The van der Waals surface area contributed by atoms with Crippen LogP contribution in [0.2, 0.25) is 0 Å². The van der Waals surface area contributed by atoms with Gasteiger partial charge in [-0.15, -0.1) is 0 Å². The van der Waals surface area contributed by atoms with Gasteiger partial charge < -0.3 is 5.73 Å². The second-order valence-electron chi connectivity index (χ2n) is 4.11. The zero-order chi connectivity index (χ0) is 15.4. The number of benzene rings is 1. The molecule has 10 heteroatoms. The summed E-state index contributed by atoms with van der Waals surface area (Å²) in [5.74, 6) is -0.938. The first kappa shape index (κ1) is 16.8. The molecule has 1 aromatic rings. The number of nitrogens with two attached hydrogens (primary N) is 1. The fourth-order valence-corrected chi connectivity index (χ4v) is 3.01. The van der Waals surface area contributed by atoms with Crippen LogP contribution in [0.25, 0.3) is 0 Å². The van der Waals surface area contributed by atoms with Gasteiger partial charge in [0.05, 0.1) is 6.26 Å². The molecule has 0 fully saturated rings. The lowest BCUT2D eigenvalue weighted by Crippen LogP contribution is -2.29. The van der Waals surface area contributed by atoms with Crippen LogP contribution in [0.15, 0.2) is 23.1 Å². The minimum absolute atomic E-state index is 0.0192. The first-order chi connectivity index (χ1) is 9.12. The first-order valence-corrected chi connectivity index (χ1v) is 8.98. The Hall–Kier alpha value is -1.23. The van der Waals surface area contributed by atoms with Crippen LogP contribution in [0.5, 0.6) is 0 Å². The molecule has 4 N–H and O–H groups in total. The van der Waals surface area contributed by atoms with Crippen LogP contribution < -0.4 is 15.2 Å². The van der Waals surface area contributed by atoms with Crippen molar-refractivity contribution in [2.24, 2.45) is 0 Å². The summed E-state index contributed by atoms with van der Waals surface area (Å²) in [4.78, 5) is -0.497. The lowest BCUT2D eigenvalue weighted by molar-refractivity contribution is 0.555. The molecule has 114 valence electrons. The van der Waals surface area contributed by atoms with Crippen LogP contribution in [-0.2, 0) is 20.0 Å². The minimum Gasteiger partial charge on any atom is -0.399 e. The SMILES string of the molecule is CS(=O)(=O)NCCCNS(=O)(=O)c1ccc(N)cc1F. The van der Waals surface area contributed by atoms with Crippen molar-refractivity contribution in [2.75, 3.05) is 25.1 Å². The molecule has 7 nitrogen and oxygen atoms in total. The quantitative estimate of drug-likeness (QED) is 0.467. The van der Waals surface area contributed by atoms with Gasteiger partial charge >= 0.3 is 0 Å². The van der Waals surface area contributed by atoms with E-state index in [1.807, 2.05) is 0 Å². The van der Waals surface area contributed by atoms with E-state index >= 15 is 0 Å². The van der Waals surface area contributed by atoms with Gasteiger partial charge in [0.25, 0.3) is 0 Å². The standard InChI is InChI=1S/C10H16FN3O4S2/c1-19(15,16)13-5-2-6-14-20(17,18)10-4-3-8(12)7-9(10)11/h3-4,7,13-14H,2,5-6,12H2,1H3. The van der Waals surface area contributed by atoms with E-state index in [2.05, 4.69) is 9.44 Å². The molecule has 0 aliphatic heterocycles. The van der Waals surface area contributed by atoms with Crippen LogP contribution in [0.3, 0.4) is 0 Å². The van der Waals surface area contributed by atoms with E-state index in [9.17, 15) is 21.2 Å². The fraction of sp³-hybridized carbons (Fsp3) is 0.400. The summed E-state index contributed by atoms with van der Waals surface area (Å²) >= 11 is 0. The van der Waals surface area contributed by atoms with Gasteiger partial charge in [0.2, 0.25) is 20.0 Å². The molecule has 0 spiro atoms. The van der Waals surface area contributed by atoms with Gasteiger partial charge in [0.15, 0.2) is 0 Å². The lowest BCUT2D eigenvalue weighted by Gasteiger charge is -2.08. The number of halogens is 1. The Morgan fingerprint density at radius 3 is 2.30 bits per heavy atom. The molecule has 0 saturated heterocycles. The van der Waals surface area contributed by atoms with Crippen molar-refractivity contribution >= 4 is 25.7 Å². The van der Waals surface area contributed by atoms with Crippen molar-refractivity contribution < 1.29 is 21.2 Å². The maximum absolute atomic E-state index is 13.5. The van der Waals surface area contributed by atoms with Gasteiger partial charge in [0.1, 0.15) is 10.7 Å². The molecule has 0 atom stereocenters. The van der Waals surface area contributed by atoms with Crippen molar-refractivity contribution in [1.29, 1.82) is 0 Å². The molecule has 20 heavy (non-hydrogen) atoms. The van der Waals surface area contributed by atoms with Gasteiger partial charge in [0, 0.05) is 18.8 Å². The number of nitrogens with one attached hydrogen (secondary N) is 2. The monoisotopic (exact) mass is 325 g/mol. The molecule has 1 aromatic carbocycles. The first-order valence-electron chi connectivity index (χ1n) is 5.61. The highest BCUT2D eigenvalue weighted by Crippen LogP contribution is 2.16. The van der Waals surface area contributed by atoms with Crippen molar-refractivity contribution in [3.8, 4) is 0 Å².